The molecule has 0 aliphatic carbocycles. The SMILES string of the molecule is C[C@H](Nc1cc(-c2ccnn2C)cc(Nc2cnccn2)n1)c1ccc(F)cc1. The first-order valence-corrected chi connectivity index (χ1v) is 9.14. The minimum atomic E-state index is -0.257. The molecule has 0 radical (unpaired) electrons. The second-order valence-electron chi connectivity index (χ2n) is 6.60. The van der Waals surface area contributed by atoms with Gasteiger partial charge in [0.05, 0.1) is 11.9 Å². The minimum Gasteiger partial charge on any atom is -0.363 e. The molecule has 4 aromatic rings. The number of benzene rings is 1. The van der Waals surface area contributed by atoms with Gasteiger partial charge in [-0.05, 0) is 42.8 Å². The Kier molecular flexibility index (Phi) is 5.15. The van der Waals surface area contributed by atoms with E-state index in [1.54, 1.807) is 41.6 Å². The lowest BCUT2D eigenvalue weighted by atomic mass is 10.1. The summed E-state index contributed by atoms with van der Waals surface area (Å²) in [6, 6.07) is 12.2. The zero-order chi connectivity index (χ0) is 20.2. The summed E-state index contributed by atoms with van der Waals surface area (Å²) in [5.74, 6) is 1.64. The van der Waals surface area contributed by atoms with E-state index in [9.17, 15) is 4.39 Å². The highest BCUT2D eigenvalue weighted by atomic mass is 19.1. The monoisotopic (exact) mass is 389 g/mol. The highest BCUT2D eigenvalue weighted by molar-refractivity contribution is 5.69. The molecule has 2 N–H and O–H groups in total. The van der Waals surface area contributed by atoms with Crippen LogP contribution >= 0.6 is 0 Å². The number of rotatable bonds is 6. The molecule has 3 aromatic heterocycles. The number of nitrogens with zero attached hydrogens (tertiary/aromatic N) is 5. The maximum atomic E-state index is 13.2. The number of pyridine rings is 1. The Balaban J connectivity index is 1.67. The maximum Gasteiger partial charge on any atom is 0.150 e. The van der Waals surface area contributed by atoms with Crippen LogP contribution in [-0.2, 0) is 7.05 Å². The van der Waals surface area contributed by atoms with Gasteiger partial charge in [-0.1, -0.05) is 12.1 Å². The maximum absolute atomic E-state index is 13.2. The Morgan fingerprint density at radius 2 is 1.76 bits per heavy atom. The van der Waals surface area contributed by atoms with Crippen LogP contribution < -0.4 is 10.6 Å². The molecule has 0 fully saturated rings. The van der Waals surface area contributed by atoms with Crippen LogP contribution in [-0.4, -0.2) is 24.7 Å². The van der Waals surface area contributed by atoms with Gasteiger partial charge < -0.3 is 10.6 Å². The zero-order valence-electron chi connectivity index (χ0n) is 16.0. The van der Waals surface area contributed by atoms with Crippen molar-refractivity contribution in [2.75, 3.05) is 10.6 Å². The van der Waals surface area contributed by atoms with Crippen LogP contribution in [0.15, 0.2) is 67.3 Å². The van der Waals surface area contributed by atoms with Crippen LogP contribution in [0.2, 0.25) is 0 Å². The third-order valence-corrected chi connectivity index (χ3v) is 4.50. The number of aryl methyl sites for hydroxylation is 1. The van der Waals surface area contributed by atoms with Crippen molar-refractivity contribution in [1.29, 1.82) is 0 Å². The molecule has 3 heterocycles. The summed E-state index contributed by atoms with van der Waals surface area (Å²) in [4.78, 5) is 13.0. The van der Waals surface area contributed by atoms with Gasteiger partial charge in [-0.15, -0.1) is 0 Å². The largest absolute Gasteiger partial charge is 0.363 e. The first-order chi connectivity index (χ1) is 14.1. The second-order valence-corrected chi connectivity index (χ2v) is 6.60. The molecular weight excluding hydrogens is 369 g/mol. The predicted octanol–water partition coefficient (Wildman–Crippen LogP) is 4.33. The lowest BCUT2D eigenvalue weighted by molar-refractivity contribution is 0.626. The standard InChI is InChI=1S/C21H20FN7/c1-14(15-3-5-17(22)6-4-15)26-19-11-16(18-7-8-25-29(18)2)12-20(27-19)28-21-13-23-9-10-24-21/h3-14H,1-2H3,(H2,24,26,27,28)/t14-/m0/s1. The van der Waals surface area contributed by atoms with Crippen molar-refractivity contribution in [3.8, 4) is 11.3 Å². The van der Waals surface area contributed by atoms with Gasteiger partial charge >= 0.3 is 0 Å². The molecule has 0 aliphatic rings. The fourth-order valence-corrected chi connectivity index (χ4v) is 3.02. The van der Waals surface area contributed by atoms with Crippen molar-refractivity contribution in [1.82, 2.24) is 24.7 Å². The van der Waals surface area contributed by atoms with Crippen molar-refractivity contribution < 1.29 is 4.39 Å². The minimum absolute atomic E-state index is 0.0609. The lowest BCUT2D eigenvalue weighted by Gasteiger charge is -2.17. The van der Waals surface area contributed by atoms with E-state index in [1.165, 1.54) is 12.1 Å². The first-order valence-electron chi connectivity index (χ1n) is 9.14. The average Bonchev–Trinajstić information content (AvgIpc) is 3.15. The molecule has 0 unspecified atom stereocenters. The number of nitrogens with one attached hydrogen (secondary N) is 2. The summed E-state index contributed by atoms with van der Waals surface area (Å²) in [5, 5.41) is 10.8. The first kappa shape index (κ1) is 18.5. The van der Waals surface area contributed by atoms with E-state index >= 15 is 0 Å². The number of anilines is 3. The fourth-order valence-electron chi connectivity index (χ4n) is 3.02. The summed E-state index contributed by atoms with van der Waals surface area (Å²) in [6.07, 6.45) is 6.61. The third kappa shape index (κ3) is 4.37. The van der Waals surface area contributed by atoms with Crippen LogP contribution in [0.4, 0.5) is 21.8 Å². The molecule has 8 heteroatoms. The van der Waals surface area contributed by atoms with Crippen molar-refractivity contribution in [2.24, 2.45) is 7.05 Å². The Bertz CT molecular complexity index is 1090. The number of hydrogen-bond donors (Lipinski definition) is 2. The highest BCUT2D eigenvalue weighted by Gasteiger charge is 2.12. The molecule has 7 nitrogen and oxygen atoms in total. The van der Waals surface area contributed by atoms with Gasteiger partial charge in [0, 0.05) is 37.2 Å². The molecular formula is C21H20FN7. The van der Waals surface area contributed by atoms with Gasteiger partial charge in [-0.2, -0.15) is 5.10 Å². The molecule has 0 saturated heterocycles. The van der Waals surface area contributed by atoms with E-state index in [1.807, 2.05) is 32.2 Å². The van der Waals surface area contributed by atoms with Gasteiger partial charge in [-0.25, -0.2) is 14.4 Å². The summed E-state index contributed by atoms with van der Waals surface area (Å²) >= 11 is 0. The molecule has 1 aromatic carbocycles. The van der Waals surface area contributed by atoms with E-state index in [0.29, 0.717) is 17.5 Å². The smallest absolute Gasteiger partial charge is 0.150 e. The molecule has 0 saturated carbocycles. The molecule has 0 amide bonds. The highest BCUT2D eigenvalue weighted by Crippen LogP contribution is 2.27. The topological polar surface area (TPSA) is 80.5 Å². The average molecular weight is 389 g/mol. The molecule has 0 aliphatic heterocycles. The summed E-state index contributed by atoms with van der Waals surface area (Å²) < 4.78 is 15.0. The zero-order valence-corrected chi connectivity index (χ0v) is 16.0. The van der Waals surface area contributed by atoms with Gasteiger partial charge in [0.1, 0.15) is 23.3 Å². The second kappa shape index (κ2) is 8.05. The van der Waals surface area contributed by atoms with Crippen LogP contribution in [0.1, 0.15) is 18.5 Å². The van der Waals surface area contributed by atoms with Gasteiger partial charge in [0.15, 0.2) is 0 Å². The van der Waals surface area contributed by atoms with E-state index in [-0.39, 0.29) is 11.9 Å². The predicted molar refractivity (Wildman–Crippen MR) is 110 cm³/mol. The van der Waals surface area contributed by atoms with E-state index in [0.717, 1.165) is 16.8 Å². The molecule has 29 heavy (non-hydrogen) atoms. The van der Waals surface area contributed by atoms with E-state index < -0.39 is 0 Å². The summed E-state index contributed by atoms with van der Waals surface area (Å²) in [7, 11) is 1.89. The summed E-state index contributed by atoms with van der Waals surface area (Å²) in [5.41, 5.74) is 2.86. The quantitative estimate of drug-likeness (QED) is 0.511. The van der Waals surface area contributed by atoms with Crippen LogP contribution in [0.25, 0.3) is 11.3 Å². The number of hydrogen-bond acceptors (Lipinski definition) is 6. The molecule has 0 bridgehead atoms. The Hall–Kier alpha value is -3.81. The Labute approximate surface area is 167 Å². The van der Waals surface area contributed by atoms with Crippen molar-refractivity contribution in [2.45, 2.75) is 13.0 Å². The lowest BCUT2D eigenvalue weighted by Crippen LogP contribution is -2.09. The number of halogens is 1. The van der Waals surface area contributed by atoms with Crippen molar-refractivity contribution in [3.63, 3.8) is 0 Å². The molecule has 0 spiro atoms. The van der Waals surface area contributed by atoms with Crippen molar-refractivity contribution >= 4 is 17.5 Å². The van der Waals surface area contributed by atoms with E-state index in [4.69, 9.17) is 0 Å². The Morgan fingerprint density at radius 1 is 0.966 bits per heavy atom. The molecule has 146 valence electrons. The normalized spacial score (nSPS) is 11.8. The van der Waals surface area contributed by atoms with Gasteiger partial charge in [0.2, 0.25) is 0 Å². The van der Waals surface area contributed by atoms with Gasteiger partial charge in [-0.3, -0.25) is 9.67 Å². The van der Waals surface area contributed by atoms with Crippen LogP contribution in [0.5, 0.6) is 0 Å². The van der Waals surface area contributed by atoms with Crippen LogP contribution in [0, 0.1) is 5.82 Å². The number of aromatic nitrogens is 5. The molecule has 1 atom stereocenters. The van der Waals surface area contributed by atoms with Crippen molar-refractivity contribution in [3.05, 3.63) is 78.6 Å². The van der Waals surface area contributed by atoms with Crippen LogP contribution in [0.3, 0.4) is 0 Å². The van der Waals surface area contributed by atoms with E-state index in [2.05, 4.69) is 30.7 Å². The fraction of sp³-hybridized carbons (Fsp3) is 0.143. The Morgan fingerprint density at radius 3 is 2.45 bits per heavy atom. The summed E-state index contributed by atoms with van der Waals surface area (Å²) in [6.45, 7) is 2.00. The van der Waals surface area contributed by atoms with Gasteiger partial charge in [0.25, 0.3) is 0 Å². The molecule has 4 rings (SSSR count). The third-order valence-electron chi connectivity index (χ3n) is 4.50.